The lowest BCUT2D eigenvalue weighted by Gasteiger charge is -2.24. The van der Waals surface area contributed by atoms with Crippen LogP contribution in [0.15, 0.2) is 24.3 Å². The van der Waals surface area contributed by atoms with Crippen LogP contribution in [0.2, 0.25) is 0 Å². The molecule has 8 heteroatoms. The fraction of sp³-hybridized carbons (Fsp3) is 0.500. The summed E-state index contributed by atoms with van der Waals surface area (Å²) in [6.07, 6.45) is 2.53. The Morgan fingerprint density at radius 1 is 1.23 bits per heavy atom. The van der Waals surface area contributed by atoms with Crippen LogP contribution in [-0.4, -0.2) is 68.5 Å². The molecule has 1 N–H and O–H groups in total. The third-order valence-corrected chi connectivity index (χ3v) is 4.46. The molecule has 0 aromatic heterocycles. The molecule has 0 bridgehead atoms. The largest absolute Gasteiger partial charge is 0.496 e. The molecule has 0 radical (unpaired) electrons. The second-order valence-corrected chi connectivity index (χ2v) is 6.58. The highest BCUT2D eigenvalue weighted by molar-refractivity contribution is 7.98. The van der Waals surface area contributed by atoms with Gasteiger partial charge in [-0.05, 0) is 30.6 Å². The summed E-state index contributed by atoms with van der Waals surface area (Å²) < 4.78 is 9.79. The summed E-state index contributed by atoms with van der Waals surface area (Å²) in [5, 5.41) is 2.79. The van der Waals surface area contributed by atoms with Crippen LogP contribution in [0, 0.1) is 0 Å². The highest BCUT2D eigenvalue weighted by Crippen LogP contribution is 2.17. The van der Waals surface area contributed by atoms with Crippen molar-refractivity contribution in [3.05, 3.63) is 29.8 Å². The normalized spacial score (nSPS) is 11.4. The van der Waals surface area contributed by atoms with Crippen molar-refractivity contribution >= 4 is 29.5 Å². The van der Waals surface area contributed by atoms with E-state index in [4.69, 9.17) is 4.74 Å². The zero-order valence-corrected chi connectivity index (χ0v) is 16.4. The Balaban J connectivity index is 2.83. The molecule has 0 aliphatic rings. The lowest BCUT2D eigenvalue weighted by Crippen LogP contribution is -2.48. The van der Waals surface area contributed by atoms with Gasteiger partial charge < -0.3 is 19.7 Å². The molecule has 26 heavy (non-hydrogen) atoms. The van der Waals surface area contributed by atoms with Crippen LogP contribution in [0.4, 0.5) is 0 Å². The van der Waals surface area contributed by atoms with E-state index < -0.39 is 6.04 Å². The number of carbonyl (C=O) groups is 3. The number of esters is 1. The Morgan fingerprint density at radius 3 is 2.54 bits per heavy atom. The van der Waals surface area contributed by atoms with Gasteiger partial charge in [-0.2, -0.15) is 11.8 Å². The van der Waals surface area contributed by atoms with Gasteiger partial charge in [-0.25, -0.2) is 0 Å². The number of hydrogen-bond acceptors (Lipinski definition) is 6. The molecule has 0 aliphatic carbocycles. The minimum absolute atomic E-state index is 0.106. The summed E-state index contributed by atoms with van der Waals surface area (Å²) in [6.45, 7) is 0.228. The summed E-state index contributed by atoms with van der Waals surface area (Å²) in [5.74, 6) is 0.158. The molecule has 0 saturated heterocycles. The summed E-state index contributed by atoms with van der Waals surface area (Å²) in [4.78, 5) is 38.0. The van der Waals surface area contributed by atoms with Crippen LogP contribution in [0.25, 0.3) is 0 Å². The number of para-hydroxylation sites is 1. The maximum absolute atomic E-state index is 12.7. The van der Waals surface area contributed by atoms with Gasteiger partial charge in [0.05, 0.1) is 26.2 Å². The van der Waals surface area contributed by atoms with Gasteiger partial charge in [-0.15, -0.1) is 0 Å². The maximum atomic E-state index is 12.7. The van der Waals surface area contributed by atoms with E-state index in [0.717, 1.165) is 0 Å². The summed E-state index contributed by atoms with van der Waals surface area (Å²) in [7, 11) is 4.40. The molecular formula is C18H26N2O5S. The standard InChI is InChI=1S/C18H26N2O5S/c1-20(11-9-16(21)25-3)18(23)14(10-12-26-4)19-17(22)13-7-5-6-8-15(13)24-2/h5-8,14H,9-12H2,1-4H3,(H,19,22). The van der Waals surface area contributed by atoms with E-state index in [1.54, 1.807) is 43.1 Å². The van der Waals surface area contributed by atoms with Gasteiger partial charge in [0.25, 0.3) is 5.91 Å². The van der Waals surface area contributed by atoms with E-state index in [2.05, 4.69) is 10.1 Å². The first kappa shape index (κ1) is 21.8. The second kappa shape index (κ2) is 11.4. The molecule has 1 unspecified atom stereocenters. The Kier molecular flexibility index (Phi) is 9.57. The van der Waals surface area contributed by atoms with E-state index in [9.17, 15) is 14.4 Å². The van der Waals surface area contributed by atoms with Crippen LogP contribution in [0.1, 0.15) is 23.2 Å². The molecule has 1 atom stereocenters. The quantitative estimate of drug-likeness (QED) is 0.619. The molecule has 144 valence electrons. The molecule has 2 amide bonds. The van der Waals surface area contributed by atoms with Gasteiger partial charge in [0, 0.05) is 13.6 Å². The topological polar surface area (TPSA) is 84.9 Å². The molecular weight excluding hydrogens is 356 g/mol. The minimum Gasteiger partial charge on any atom is -0.496 e. The highest BCUT2D eigenvalue weighted by Gasteiger charge is 2.25. The average Bonchev–Trinajstić information content (AvgIpc) is 2.67. The van der Waals surface area contributed by atoms with Crippen molar-refractivity contribution in [2.24, 2.45) is 0 Å². The Hall–Kier alpha value is -2.22. The summed E-state index contributed by atoms with van der Waals surface area (Å²) in [5.41, 5.74) is 0.370. The van der Waals surface area contributed by atoms with Crippen molar-refractivity contribution in [1.29, 1.82) is 0 Å². The summed E-state index contributed by atoms with van der Waals surface area (Å²) in [6, 6.07) is 6.16. The van der Waals surface area contributed by atoms with Gasteiger partial charge in [-0.3, -0.25) is 14.4 Å². The van der Waals surface area contributed by atoms with Gasteiger partial charge >= 0.3 is 5.97 Å². The molecule has 0 heterocycles. The number of nitrogens with one attached hydrogen (secondary N) is 1. The first-order valence-corrected chi connectivity index (χ1v) is 9.58. The molecule has 1 aromatic rings. The first-order valence-electron chi connectivity index (χ1n) is 8.19. The molecule has 0 saturated carbocycles. The van der Waals surface area contributed by atoms with E-state index in [0.29, 0.717) is 23.5 Å². The summed E-state index contributed by atoms with van der Waals surface area (Å²) >= 11 is 1.59. The van der Waals surface area contributed by atoms with Crippen molar-refractivity contribution in [2.75, 3.05) is 39.8 Å². The average molecular weight is 382 g/mol. The number of nitrogens with zero attached hydrogens (tertiary/aromatic N) is 1. The number of thioether (sulfide) groups is 1. The highest BCUT2D eigenvalue weighted by atomic mass is 32.2. The fourth-order valence-corrected chi connectivity index (χ4v) is 2.77. The molecule has 7 nitrogen and oxygen atoms in total. The van der Waals surface area contributed by atoms with Crippen molar-refractivity contribution in [1.82, 2.24) is 10.2 Å². The third kappa shape index (κ3) is 6.59. The predicted molar refractivity (Wildman–Crippen MR) is 102 cm³/mol. The van der Waals surface area contributed by atoms with Crippen molar-refractivity contribution in [3.63, 3.8) is 0 Å². The van der Waals surface area contributed by atoms with Crippen molar-refractivity contribution in [3.8, 4) is 5.75 Å². The Labute approximate surface area is 158 Å². The van der Waals surface area contributed by atoms with Crippen LogP contribution >= 0.6 is 11.8 Å². The van der Waals surface area contributed by atoms with Crippen molar-refractivity contribution in [2.45, 2.75) is 18.9 Å². The smallest absolute Gasteiger partial charge is 0.307 e. The molecule has 0 aliphatic heterocycles. The molecule has 1 aromatic carbocycles. The number of carbonyl (C=O) groups excluding carboxylic acids is 3. The van der Waals surface area contributed by atoms with Crippen LogP contribution < -0.4 is 10.1 Å². The lowest BCUT2D eigenvalue weighted by atomic mass is 10.1. The van der Waals surface area contributed by atoms with Gasteiger partial charge in [0.15, 0.2) is 0 Å². The van der Waals surface area contributed by atoms with Crippen LogP contribution in [0.3, 0.4) is 0 Å². The number of hydrogen-bond donors (Lipinski definition) is 1. The van der Waals surface area contributed by atoms with Crippen molar-refractivity contribution < 1.29 is 23.9 Å². The maximum Gasteiger partial charge on any atom is 0.307 e. The fourth-order valence-electron chi connectivity index (χ4n) is 2.30. The number of rotatable bonds is 10. The first-order chi connectivity index (χ1) is 12.4. The SMILES string of the molecule is COC(=O)CCN(C)C(=O)C(CCSC)NC(=O)c1ccccc1OC. The number of ether oxygens (including phenoxy) is 2. The molecule has 1 rings (SSSR count). The van der Waals surface area contributed by atoms with E-state index in [-0.39, 0.29) is 30.7 Å². The molecule has 0 fully saturated rings. The van der Waals surface area contributed by atoms with E-state index >= 15 is 0 Å². The minimum atomic E-state index is -0.678. The molecule has 0 spiro atoms. The lowest BCUT2D eigenvalue weighted by molar-refractivity contribution is -0.141. The van der Waals surface area contributed by atoms with Gasteiger partial charge in [0.1, 0.15) is 11.8 Å². The monoisotopic (exact) mass is 382 g/mol. The second-order valence-electron chi connectivity index (χ2n) is 5.59. The Bertz CT molecular complexity index is 623. The van der Waals surface area contributed by atoms with Crippen LogP contribution in [-0.2, 0) is 14.3 Å². The van der Waals surface area contributed by atoms with E-state index in [1.165, 1.54) is 19.1 Å². The zero-order valence-electron chi connectivity index (χ0n) is 15.6. The van der Waals surface area contributed by atoms with E-state index in [1.807, 2.05) is 6.26 Å². The number of methoxy groups -OCH3 is 2. The van der Waals surface area contributed by atoms with Crippen LogP contribution in [0.5, 0.6) is 5.75 Å². The third-order valence-electron chi connectivity index (χ3n) is 3.82. The number of amides is 2. The Morgan fingerprint density at radius 2 is 1.92 bits per heavy atom. The van der Waals surface area contributed by atoms with Gasteiger partial charge in [-0.1, -0.05) is 12.1 Å². The van der Waals surface area contributed by atoms with Gasteiger partial charge in [0.2, 0.25) is 5.91 Å². The number of benzene rings is 1. The predicted octanol–water partition coefficient (Wildman–Crippen LogP) is 1.57. The number of likely N-dealkylation sites (N-methyl/N-ethyl adjacent to an activating group) is 1. The zero-order chi connectivity index (χ0) is 19.5.